The van der Waals surface area contributed by atoms with Crippen LogP contribution >= 0.6 is 23.4 Å². The van der Waals surface area contributed by atoms with E-state index in [4.69, 9.17) is 25.5 Å². The van der Waals surface area contributed by atoms with E-state index in [0.717, 1.165) is 5.52 Å². The minimum atomic E-state index is -0.534. The molecule has 4 rings (SSSR count). The summed E-state index contributed by atoms with van der Waals surface area (Å²) in [5.41, 5.74) is 4.87. The number of aromatic nitrogens is 1. The lowest BCUT2D eigenvalue weighted by molar-refractivity contribution is -0.118. The number of thioether (sulfide) groups is 1. The van der Waals surface area contributed by atoms with Gasteiger partial charge in [0, 0.05) is 5.02 Å². The third-order valence-corrected chi connectivity index (χ3v) is 5.63. The third-order valence-electron chi connectivity index (χ3n) is 4.55. The van der Waals surface area contributed by atoms with E-state index in [1.165, 1.54) is 18.0 Å². The summed E-state index contributed by atoms with van der Waals surface area (Å²) in [6, 6.07) is 18.7. The quantitative estimate of drug-likeness (QED) is 0.107. The Morgan fingerprint density at radius 1 is 1.11 bits per heavy atom. The van der Waals surface area contributed by atoms with Crippen molar-refractivity contribution in [3.8, 4) is 11.5 Å². The maximum absolute atomic E-state index is 12.4. The van der Waals surface area contributed by atoms with Crippen LogP contribution in [0.5, 0.6) is 11.5 Å². The van der Waals surface area contributed by atoms with Crippen molar-refractivity contribution in [2.24, 2.45) is 5.10 Å². The van der Waals surface area contributed by atoms with Gasteiger partial charge in [-0.25, -0.2) is 15.2 Å². The van der Waals surface area contributed by atoms with E-state index in [2.05, 4.69) is 15.5 Å². The number of hydrogen-bond donors (Lipinski definition) is 1. The zero-order chi connectivity index (χ0) is 24.6. The molecule has 0 fully saturated rings. The van der Waals surface area contributed by atoms with E-state index in [9.17, 15) is 9.59 Å². The van der Waals surface area contributed by atoms with E-state index in [0.29, 0.717) is 39.3 Å². The van der Waals surface area contributed by atoms with Crippen molar-refractivity contribution in [3.63, 3.8) is 0 Å². The monoisotopic (exact) mass is 509 g/mol. The van der Waals surface area contributed by atoms with Crippen LogP contribution in [0, 0.1) is 0 Å². The second-order valence-electron chi connectivity index (χ2n) is 7.06. The van der Waals surface area contributed by atoms with Crippen LogP contribution in [-0.2, 0) is 4.79 Å². The number of esters is 1. The first kappa shape index (κ1) is 24.3. The summed E-state index contributed by atoms with van der Waals surface area (Å²) in [5, 5.41) is 4.92. The molecule has 3 aromatic carbocycles. The molecule has 0 radical (unpaired) electrons. The van der Waals surface area contributed by atoms with Gasteiger partial charge in [0.1, 0.15) is 5.52 Å². The summed E-state index contributed by atoms with van der Waals surface area (Å²) in [5.74, 6) is -0.118. The van der Waals surface area contributed by atoms with Gasteiger partial charge in [-0.1, -0.05) is 35.5 Å². The smallest absolute Gasteiger partial charge is 0.343 e. The van der Waals surface area contributed by atoms with Gasteiger partial charge in [-0.2, -0.15) is 5.10 Å². The number of oxazole rings is 1. The second-order valence-corrected chi connectivity index (χ2v) is 8.43. The number of carbonyl (C=O) groups is 2. The van der Waals surface area contributed by atoms with Gasteiger partial charge in [0.05, 0.1) is 24.1 Å². The number of para-hydroxylation sites is 2. The Morgan fingerprint density at radius 3 is 2.69 bits per heavy atom. The molecule has 1 heterocycles. The number of ether oxygens (including phenoxy) is 2. The topological polar surface area (TPSA) is 103 Å². The maximum Gasteiger partial charge on any atom is 0.343 e. The van der Waals surface area contributed by atoms with Crippen molar-refractivity contribution in [3.05, 3.63) is 82.9 Å². The molecule has 0 bridgehead atoms. The first-order valence-corrected chi connectivity index (χ1v) is 11.9. The minimum absolute atomic E-state index is 0.0912. The molecule has 0 atom stereocenters. The predicted molar refractivity (Wildman–Crippen MR) is 134 cm³/mol. The molecule has 178 valence electrons. The standard InChI is InChI=1S/C25H20ClN3O5S/c1-2-32-22-13-16(7-12-21(22)33-24(31)17-8-10-18(26)11-9-17)14-27-29-23(30)15-35-25-28-19-5-3-4-6-20(19)34-25/h3-14H,2,15H2,1H3,(H,29,30)/b27-14-. The van der Waals surface area contributed by atoms with Gasteiger partial charge in [-0.15, -0.1) is 0 Å². The van der Waals surface area contributed by atoms with Crippen LogP contribution in [0.15, 0.2) is 81.5 Å². The van der Waals surface area contributed by atoms with Gasteiger partial charge in [-0.05, 0) is 67.1 Å². The van der Waals surface area contributed by atoms with Gasteiger partial charge in [0.25, 0.3) is 11.1 Å². The van der Waals surface area contributed by atoms with E-state index in [1.54, 1.807) is 42.5 Å². The number of carbonyl (C=O) groups excluding carboxylic acids is 2. The lowest BCUT2D eigenvalue weighted by Gasteiger charge is -2.11. The highest BCUT2D eigenvalue weighted by atomic mass is 35.5. The lowest BCUT2D eigenvalue weighted by atomic mass is 10.2. The fourth-order valence-electron chi connectivity index (χ4n) is 2.95. The molecule has 0 saturated heterocycles. The summed E-state index contributed by atoms with van der Waals surface area (Å²) in [7, 11) is 0. The van der Waals surface area contributed by atoms with Crippen molar-refractivity contribution in [1.29, 1.82) is 0 Å². The zero-order valence-electron chi connectivity index (χ0n) is 18.6. The number of hydrazone groups is 1. The number of benzene rings is 3. The lowest BCUT2D eigenvalue weighted by Crippen LogP contribution is -2.19. The highest BCUT2D eigenvalue weighted by Gasteiger charge is 2.13. The molecule has 0 aliphatic rings. The zero-order valence-corrected chi connectivity index (χ0v) is 20.1. The normalized spacial score (nSPS) is 11.0. The minimum Gasteiger partial charge on any atom is -0.490 e. The third kappa shape index (κ3) is 6.62. The number of rotatable bonds is 9. The van der Waals surface area contributed by atoms with Crippen molar-refractivity contribution in [2.75, 3.05) is 12.4 Å². The Hall–Kier alpha value is -3.82. The Balaban J connectivity index is 1.34. The maximum atomic E-state index is 12.4. The van der Waals surface area contributed by atoms with Gasteiger partial charge < -0.3 is 13.9 Å². The van der Waals surface area contributed by atoms with Crippen LogP contribution in [-0.4, -0.2) is 35.4 Å². The van der Waals surface area contributed by atoms with Gasteiger partial charge in [0.15, 0.2) is 17.1 Å². The molecule has 0 unspecified atom stereocenters. The summed E-state index contributed by atoms with van der Waals surface area (Å²) >= 11 is 7.04. The molecule has 0 spiro atoms. The van der Waals surface area contributed by atoms with Crippen molar-refractivity contribution in [1.82, 2.24) is 10.4 Å². The number of nitrogens with one attached hydrogen (secondary N) is 1. The highest BCUT2D eigenvalue weighted by Crippen LogP contribution is 2.29. The van der Waals surface area contributed by atoms with Crippen LogP contribution in [0.4, 0.5) is 0 Å². The number of nitrogens with zero attached hydrogens (tertiary/aromatic N) is 2. The van der Waals surface area contributed by atoms with Gasteiger partial charge in [0.2, 0.25) is 0 Å². The Kier molecular flexibility index (Phi) is 8.02. The predicted octanol–water partition coefficient (Wildman–Crippen LogP) is 5.34. The van der Waals surface area contributed by atoms with E-state index < -0.39 is 5.97 Å². The Morgan fingerprint density at radius 2 is 1.91 bits per heavy atom. The van der Waals surface area contributed by atoms with Crippen LogP contribution in [0.3, 0.4) is 0 Å². The molecule has 0 aliphatic carbocycles. The van der Waals surface area contributed by atoms with Crippen molar-refractivity contribution < 1.29 is 23.5 Å². The van der Waals surface area contributed by atoms with E-state index in [-0.39, 0.29) is 17.4 Å². The van der Waals surface area contributed by atoms with Crippen molar-refractivity contribution in [2.45, 2.75) is 12.1 Å². The number of fused-ring (bicyclic) bond motifs is 1. The molecule has 1 amide bonds. The largest absolute Gasteiger partial charge is 0.490 e. The van der Waals surface area contributed by atoms with Gasteiger partial charge >= 0.3 is 5.97 Å². The summed E-state index contributed by atoms with van der Waals surface area (Å²) < 4.78 is 16.7. The molecular formula is C25H20ClN3O5S. The molecule has 10 heteroatoms. The van der Waals surface area contributed by atoms with E-state index in [1.807, 2.05) is 31.2 Å². The summed E-state index contributed by atoms with van der Waals surface area (Å²) in [6.45, 7) is 2.19. The first-order chi connectivity index (χ1) is 17.0. The Bertz CT molecular complexity index is 1340. The molecule has 0 saturated carbocycles. The van der Waals surface area contributed by atoms with Gasteiger partial charge in [-0.3, -0.25) is 4.79 Å². The number of hydrogen-bond acceptors (Lipinski definition) is 8. The average molecular weight is 510 g/mol. The molecule has 8 nitrogen and oxygen atoms in total. The first-order valence-electron chi connectivity index (χ1n) is 10.6. The molecule has 0 aliphatic heterocycles. The van der Waals surface area contributed by atoms with Crippen molar-refractivity contribution >= 4 is 52.6 Å². The SMILES string of the molecule is CCOc1cc(/C=N\NC(=O)CSc2nc3ccccc3o2)ccc1OC(=O)c1ccc(Cl)cc1. The van der Waals surface area contributed by atoms with Crippen LogP contribution in [0.25, 0.3) is 11.1 Å². The summed E-state index contributed by atoms with van der Waals surface area (Å²) in [6.07, 6.45) is 1.47. The molecule has 35 heavy (non-hydrogen) atoms. The molecule has 1 aromatic heterocycles. The van der Waals surface area contributed by atoms with E-state index >= 15 is 0 Å². The highest BCUT2D eigenvalue weighted by molar-refractivity contribution is 7.99. The number of halogens is 1. The van der Waals surface area contributed by atoms with Crippen LogP contribution in [0.2, 0.25) is 5.02 Å². The molecule has 1 N–H and O–H groups in total. The number of amides is 1. The summed E-state index contributed by atoms with van der Waals surface area (Å²) in [4.78, 5) is 28.9. The molecular weight excluding hydrogens is 490 g/mol. The molecule has 4 aromatic rings. The average Bonchev–Trinajstić information content (AvgIpc) is 3.28. The Labute approximate surface area is 210 Å². The second kappa shape index (κ2) is 11.5. The fraction of sp³-hybridized carbons (Fsp3) is 0.120. The van der Waals surface area contributed by atoms with Crippen LogP contribution < -0.4 is 14.9 Å². The van der Waals surface area contributed by atoms with Crippen LogP contribution in [0.1, 0.15) is 22.8 Å². The fourth-order valence-corrected chi connectivity index (χ4v) is 3.71.